The summed E-state index contributed by atoms with van der Waals surface area (Å²) in [6.45, 7) is 1.44. The van der Waals surface area contributed by atoms with Crippen LogP contribution in [-0.2, 0) is 9.59 Å². The van der Waals surface area contributed by atoms with E-state index >= 15 is 0 Å². The molecule has 2 rings (SSSR count). The molecule has 4 N–H and O–H groups in total. The Morgan fingerprint density at radius 3 is 2.22 bits per heavy atom. The molecule has 0 aromatic rings. The van der Waals surface area contributed by atoms with Crippen molar-refractivity contribution in [3.63, 3.8) is 0 Å². The topological polar surface area (TPSA) is 89.4 Å². The summed E-state index contributed by atoms with van der Waals surface area (Å²) in [5.41, 5.74) is 10.8. The first-order valence-electron chi connectivity index (χ1n) is 6.88. The first-order chi connectivity index (χ1) is 8.51. The van der Waals surface area contributed by atoms with Crippen LogP contribution in [-0.4, -0.2) is 35.3 Å². The van der Waals surface area contributed by atoms with E-state index in [9.17, 15) is 9.59 Å². The highest BCUT2D eigenvalue weighted by Crippen LogP contribution is 2.30. The maximum atomic E-state index is 12.4. The van der Waals surface area contributed by atoms with Crippen LogP contribution < -0.4 is 11.5 Å². The SMILES string of the molecule is NC(=O)CC1CCN(C(=O)C2(N)CCCC2)CC1. The van der Waals surface area contributed by atoms with Crippen LogP contribution in [0.15, 0.2) is 0 Å². The Labute approximate surface area is 108 Å². The van der Waals surface area contributed by atoms with Gasteiger partial charge in [0.25, 0.3) is 0 Å². The van der Waals surface area contributed by atoms with E-state index in [1.807, 2.05) is 4.90 Å². The van der Waals surface area contributed by atoms with Crippen LogP contribution in [0.4, 0.5) is 0 Å². The minimum atomic E-state index is -0.615. The van der Waals surface area contributed by atoms with E-state index in [4.69, 9.17) is 11.5 Å². The molecule has 0 bridgehead atoms. The van der Waals surface area contributed by atoms with Crippen molar-refractivity contribution in [2.24, 2.45) is 17.4 Å². The minimum Gasteiger partial charge on any atom is -0.370 e. The summed E-state index contributed by atoms with van der Waals surface area (Å²) in [6.07, 6.45) is 5.91. The molecule has 0 aromatic heterocycles. The number of amides is 2. The molecule has 0 radical (unpaired) electrons. The minimum absolute atomic E-state index is 0.109. The van der Waals surface area contributed by atoms with Crippen molar-refractivity contribution in [2.45, 2.75) is 50.5 Å². The van der Waals surface area contributed by atoms with E-state index in [-0.39, 0.29) is 11.8 Å². The maximum Gasteiger partial charge on any atom is 0.242 e. The van der Waals surface area contributed by atoms with Crippen LogP contribution in [0.2, 0.25) is 0 Å². The molecular weight excluding hydrogens is 230 g/mol. The van der Waals surface area contributed by atoms with Gasteiger partial charge in [-0.05, 0) is 31.6 Å². The number of carbonyl (C=O) groups excluding carboxylic acids is 2. The zero-order chi connectivity index (χ0) is 13.2. The van der Waals surface area contributed by atoms with Crippen LogP contribution >= 0.6 is 0 Å². The molecule has 0 unspecified atom stereocenters. The zero-order valence-corrected chi connectivity index (χ0v) is 10.9. The quantitative estimate of drug-likeness (QED) is 0.761. The molecule has 1 aliphatic heterocycles. The van der Waals surface area contributed by atoms with Gasteiger partial charge >= 0.3 is 0 Å². The fourth-order valence-electron chi connectivity index (χ4n) is 3.16. The Bertz CT molecular complexity index is 329. The van der Waals surface area contributed by atoms with Gasteiger partial charge in [-0.15, -0.1) is 0 Å². The van der Waals surface area contributed by atoms with Crippen molar-refractivity contribution < 1.29 is 9.59 Å². The molecule has 1 heterocycles. The standard InChI is InChI=1S/C13H23N3O2/c14-11(17)9-10-3-7-16(8-4-10)12(18)13(15)5-1-2-6-13/h10H,1-9,15H2,(H2,14,17). The van der Waals surface area contributed by atoms with Gasteiger partial charge in [0.2, 0.25) is 11.8 Å². The van der Waals surface area contributed by atoms with E-state index in [2.05, 4.69) is 0 Å². The van der Waals surface area contributed by atoms with Gasteiger partial charge in [-0.25, -0.2) is 0 Å². The highest BCUT2D eigenvalue weighted by atomic mass is 16.2. The van der Waals surface area contributed by atoms with Crippen LogP contribution in [0.3, 0.4) is 0 Å². The van der Waals surface area contributed by atoms with Gasteiger partial charge in [0.05, 0.1) is 5.54 Å². The number of rotatable bonds is 3. The third-order valence-corrected chi connectivity index (χ3v) is 4.31. The second kappa shape index (κ2) is 5.26. The van der Waals surface area contributed by atoms with E-state index < -0.39 is 5.54 Å². The van der Waals surface area contributed by atoms with Gasteiger partial charge < -0.3 is 16.4 Å². The van der Waals surface area contributed by atoms with Crippen molar-refractivity contribution in [2.75, 3.05) is 13.1 Å². The molecule has 0 atom stereocenters. The van der Waals surface area contributed by atoms with Gasteiger partial charge in [-0.1, -0.05) is 12.8 Å². The Balaban J connectivity index is 1.86. The van der Waals surface area contributed by atoms with Crippen molar-refractivity contribution in [3.8, 4) is 0 Å². The molecule has 102 valence electrons. The smallest absolute Gasteiger partial charge is 0.242 e. The van der Waals surface area contributed by atoms with Gasteiger partial charge in [0.15, 0.2) is 0 Å². The Hall–Kier alpha value is -1.10. The number of hydrogen-bond donors (Lipinski definition) is 2. The number of nitrogens with zero attached hydrogens (tertiary/aromatic N) is 1. The lowest BCUT2D eigenvalue weighted by atomic mass is 9.90. The predicted octanol–water partition coefficient (Wildman–Crippen LogP) is 0.372. The number of primary amides is 1. The summed E-state index contributed by atoms with van der Waals surface area (Å²) in [7, 11) is 0. The molecule has 2 aliphatic rings. The lowest BCUT2D eigenvalue weighted by molar-refractivity contribution is -0.138. The van der Waals surface area contributed by atoms with Crippen LogP contribution in [0, 0.1) is 5.92 Å². The molecule has 5 nitrogen and oxygen atoms in total. The highest BCUT2D eigenvalue weighted by molar-refractivity contribution is 5.86. The van der Waals surface area contributed by atoms with Crippen LogP contribution in [0.1, 0.15) is 44.9 Å². The summed E-state index contributed by atoms with van der Waals surface area (Å²) in [6, 6.07) is 0. The Kier molecular flexibility index (Phi) is 3.90. The predicted molar refractivity (Wildman–Crippen MR) is 68.5 cm³/mol. The second-order valence-corrected chi connectivity index (χ2v) is 5.77. The molecule has 2 amide bonds. The molecular formula is C13H23N3O2. The maximum absolute atomic E-state index is 12.4. The summed E-state index contributed by atoms with van der Waals surface area (Å²) in [5, 5.41) is 0. The molecule has 0 spiro atoms. The Morgan fingerprint density at radius 1 is 1.17 bits per heavy atom. The number of nitrogens with two attached hydrogens (primary N) is 2. The summed E-state index contributed by atoms with van der Waals surface area (Å²) >= 11 is 0. The third kappa shape index (κ3) is 2.83. The number of carbonyl (C=O) groups is 2. The molecule has 1 saturated heterocycles. The zero-order valence-electron chi connectivity index (χ0n) is 10.9. The van der Waals surface area contributed by atoms with Crippen molar-refractivity contribution in [1.29, 1.82) is 0 Å². The molecule has 0 aromatic carbocycles. The Morgan fingerprint density at radius 2 is 1.72 bits per heavy atom. The van der Waals surface area contributed by atoms with E-state index in [1.54, 1.807) is 0 Å². The lowest BCUT2D eigenvalue weighted by Crippen LogP contribution is -2.55. The first kappa shape index (κ1) is 13.3. The average Bonchev–Trinajstić information content (AvgIpc) is 2.77. The van der Waals surface area contributed by atoms with Crippen LogP contribution in [0.25, 0.3) is 0 Å². The van der Waals surface area contributed by atoms with Crippen molar-refractivity contribution >= 4 is 11.8 Å². The number of likely N-dealkylation sites (tertiary alicyclic amines) is 1. The van der Waals surface area contributed by atoms with Gasteiger partial charge in [-0.3, -0.25) is 9.59 Å². The van der Waals surface area contributed by atoms with Crippen LogP contribution in [0.5, 0.6) is 0 Å². The molecule has 5 heteroatoms. The lowest BCUT2D eigenvalue weighted by Gasteiger charge is -2.36. The molecule has 18 heavy (non-hydrogen) atoms. The first-order valence-corrected chi connectivity index (χ1v) is 6.88. The third-order valence-electron chi connectivity index (χ3n) is 4.31. The van der Waals surface area contributed by atoms with Crippen molar-refractivity contribution in [3.05, 3.63) is 0 Å². The number of piperidine rings is 1. The van der Waals surface area contributed by atoms with E-state index in [1.165, 1.54) is 0 Å². The molecule has 1 aliphatic carbocycles. The second-order valence-electron chi connectivity index (χ2n) is 5.77. The normalized spacial score (nSPS) is 24.2. The van der Waals surface area contributed by atoms with Gasteiger partial charge in [-0.2, -0.15) is 0 Å². The summed E-state index contributed by atoms with van der Waals surface area (Å²) in [5.74, 6) is 0.201. The molecule has 2 fully saturated rings. The summed E-state index contributed by atoms with van der Waals surface area (Å²) < 4.78 is 0. The van der Waals surface area contributed by atoms with E-state index in [0.717, 1.165) is 51.6 Å². The van der Waals surface area contributed by atoms with Crippen molar-refractivity contribution in [1.82, 2.24) is 4.90 Å². The molecule has 1 saturated carbocycles. The largest absolute Gasteiger partial charge is 0.370 e. The van der Waals surface area contributed by atoms with E-state index in [0.29, 0.717) is 12.3 Å². The summed E-state index contributed by atoms with van der Waals surface area (Å²) in [4.78, 5) is 25.1. The fourth-order valence-corrected chi connectivity index (χ4v) is 3.16. The number of hydrogen-bond acceptors (Lipinski definition) is 3. The monoisotopic (exact) mass is 253 g/mol. The van der Waals surface area contributed by atoms with Gasteiger partial charge in [0.1, 0.15) is 0 Å². The highest BCUT2D eigenvalue weighted by Gasteiger charge is 2.40. The fraction of sp³-hybridized carbons (Fsp3) is 0.846. The average molecular weight is 253 g/mol. The van der Waals surface area contributed by atoms with Gasteiger partial charge in [0, 0.05) is 19.5 Å².